The summed E-state index contributed by atoms with van der Waals surface area (Å²) in [5.74, 6) is -2.22. The van der Waals surface area contributed by atoms with E-state index in [1.54, 1.807) is 18.3 Å². The van der Waals surface area contributed by atoms with Gasteiger partial charge in [-0.05, 0) is 24.3 Å². The number of rotatable bonds is 5. The van der Waals surface area contributed by atoms with E-state index in [2.05, 4.69) is 17.6 Å². The lowest BCUT2D eigenvalue weighted by Gasteiger charge is -2.31. The van der Waals surface area contributed by atoms with Gasteiger partial charge in [0.05, 0.1) is 25.5 Å². The lowest BCUT2D eigenvalue weighted by molar-refractivity contribution is -0.222. The number of benzene rings is 1. The van der Waals surface area contributed by atoms with Gasteiger partial charge in [-0.1, -0.05) is 0 Å². The molecule has 1 aromatic heterocycles. The predicted molar refractivity (Wildman–Crippen MR) is 98.6 cm³/mol. The zero-order valence-electron chi connectivity index (χ0n) is 15.0. The molecule has 142 valence electrons. The number of nitrogens with zero attached hydrogens (tertiary/aromatic N) is 2. The highest BCUT2D eigenvalue weighted by atomic mass is 32.1. The fourth-order valence-corrected chi connectivity index (χ4v) is 2.83. The molecule has 0 N–H and O–H groups in total. The molecule has 0 unspecified atom stereocenters. The minimum absolute atomic E-state index is 0.0429. The number of oxazole rings is 1. The van der Waals surface area contributed by atoms with Crippen molar-refractivity contribution in [2.75, 3.05) is 18.7 Å². The topological polar surface area (TPSA) is 91.1 Å². The molecule has 8 nitrogen and oxygen atoms in total. The fourth-order valence-electron chi connectivity index (χ4n) is 2.51. The summed E-state index contributed by atoms with van der Waals surface area (Å²) >= 11 is 4.29. The van der Waals surface area contributed by atoms with E-state index in [0.29, 0.717) is 11.4 Å². The number of carbonyl (C=O) groups excluding carboxylic acids is 2. The molecule has 0 atom stereocenters. The summed E-state index contributed by atoms with van der Waals surface area (Å²) in [4.78, 5) is 33.7. The third-order valence-corrected chi connectivity index (χ3v) is 4.12. The molecule has 0 amide bonds. The Labute approximate surface area is 161 Å². The monoisotopic (exact) mass is 390 g/mol. The number of cyclic esters (lactones) is 2. The van der Waals surface area contributed by atoms with Crippen LogP contribution in [0.2, 0.25) is 0 Å². The molecule has 0 saturated carbocycles. The number of ether oxygens (including phenoxy) is 2. The predicted octanol–water partition coefficient (Wildman–Crippen LogP) is 2.73. The molecule has 3 rings (SSSR count). The number of hydrogen-bond donors (Lipinski definition) is 1. The maximum absolute atomic E-state index is 12.1. The molecule has 1 fully saturated rings. The van der Waals surface area contributed by atoms with Crippen LogP contribution in [0.25, 0.3) is 11.3 Å². The van der Waals surface area contributed by atoms with Crippen LogP contribution in [-0.4, -0.2) is 36.4 Å². The largest absolute Gasteiger partial charge is 0.444 e. The molecule has 1 aliphatic rings. The number of esters is 2. The van der Waals surface area contributed by atoms with Gasteiger partial charge in [0.1, 0.15) is 0 Å². The second-order valence-electron chi connectivity index (χ2n) is 6.13. The highest BCUT2D eigenvalue weighted by molar-refractivity contribution is 7.84. The van der Waals surface area contributed by atoms with Gasteiger partial charge in [0.2, 0.25) is 0 Å². The standard InChI is InChI=1S/C18H18N2O6S/c1-18(2)25-16(21)15(17(22)26-18)14(27)9-20(23-3)12-6-4-11(5-7-12)13-8-19-10-24-13/h4-8,10,27H,9H2,1-3H3. The van der Waals surface area contributed by atoms with Crippen molar-refractivity contribution in [1.82, 2.24) is 4.98 Å². The lowest BCUT2D eigenvalue weighted by Crippen LogP contribution is -2.42. The Hall–Kier alpha value is -2.78. The van der Waals surface area contributed by atoms with Gasteiger partial charge in [0, 0.05) is 24.3 Å². The maximum Gasteiger partial charge on any atom is 0.349 e. The number of thiol groups is 1. The molecule has 27 heavy (non-hydrogen) atoms. The van der Waals surface area contributed by atoms with Crippen LogP contribution in [0.3, 0.4) is 0 Å². The molecule has 9 heteroatoms. The summed E-state index contributed by atoms with van der Waals surface area (Å²) in [6, 6.07) is 7.26. The summed E-state index contributed by atoms with van der Waals surface area (Å²) in [5, 5.41) is 1.47. The quantitative estimate of drug-likeness (QED) is 0.274. The smallest absolute Gasteiger partial charge is 0.349 e. The molecular weight excluding hydrogens is 372 g/mol. The molecule has 1 aliphatic heterocycles. The molecule has 0 aliphatic carbocycles. The first kappa shape index (κ1) is 19.0. The Kier molecular flexibility index (Phi) is 5.24. The van der Waals surface area contributed by atoms with Gasteiger partial charge in [-0.25, -0.2) is 19.6 Å². The van der Waals surface area contributed by atoms with Crippen molar-refractivity contribution in [3.8, 4) is 11.3 Å². The Bertz CT molecular complexity index is 852. The van der Waals surface area contributed by atoms with Crippen LogP contribution in [0, 0.1) is 0 Å². The number of anilines is 1. The van der Waals surface area contributed by atoms with Crippen molar-refractivity contribution < 1.29 is 28.3 Å². The van der Waals surface area contributed by atoms with Gasteiger partial charge in [-0.15, -0.1) is 12.6 Å². The second-order valence-corrected chi connectivity index (χ2v) is 6.67. The second kappa shape index (κ2) is 7.45. The van der Waals surface area contributed by atoms with E-state index in [4.69, 9.17) is 18.7 Å². The van der Waals surface area contributed by atoms with Crippen LogP contribution in [0.5, 0.6) is 0 Å². The normalized spacial score (nSPS) is 15.9. The van der Waals surface area contributed by atoms with Crippen molar-refractivity contribution in [2.45, 2.75) is 19.6 Å². The van der Waals surface area contributed by atoms with E-state index in [0.717, 1.165) is 5.56 Å². The van der Waals surface area contributed by atoms with Crippen molar-refractivity contribution in [1.29, 1.82) is 0 Å². The molecule has 0 radical (unpaired) electrons. The van der Waals surface area contributed by atoms with E-state index in [1.807, 2.05) is 12.1 Å². The van der Waals surface area contributed by atoms with Crippen LogP contribution in [-0.2, 0) is 23.9 Å². The van der Waals surface area contributed by atoms with Crippen molar-refractivity contribution >= 4 is 30.3 Å². The molecular formula is C18H18N2O6S. The lowest BCUT2D eigenvalue weighted by atomic mass is 10.1. The summed E-state index contributed by atoms with van der Waals surface area (Å²) < 4.78 is 15.4. The minimum Gasteiger partial charge on any atom is -0.444 e. The third-order valence-electron chi connectivity index (χ3n) is 3.76. The minimum atomic E-state index is -1.30. The van der Waals surface area contributed by atoms with Gasteiger partial charge in [0.15, 0.2) is 17.7 Å². The molecule has 2 heterocycles. The van der Waals surface area contributed by atoms with Crippen LogP contribution in [0.4, 0.5) is 5.69 Å². The van der Waals surface area contributed by atoms with Crippen LogP contribution < -0.4 is 5.06 Å². The summed E-state index contributed by atoms with van der Waals surface area (Å²) in [5.41, 5.74) is 1.28. The van der Waals surface area contributed by atoms with Gasteiger partial charge >= 0.3 is 11.9 Å². The van der Waals surface area contributed by atoms with Gasteiger partial charge in [-0.2, -0.15) is 0 Å². The van der Waals surface area contributed by atoms with Crippen LogP contribution in [0.15, 0.2) is 51.8 Å². The molecule has 0 bridgehead atoms. The Morgan fingerprint density at radius 3 is 2.33 bits per heavy atom. The van der Waals surface area contributed by atoms with E-state index < -0.39 is 17.7 Å². The van der Waals surface area contributed by atoms with Crippen molar-refractivity contribution in [3.05, 3.63) is 47.3 Å². The van der Waals surface area contributed by atoms with Gasteiger partial charge in [-0.3, -0.25) is 4.84 Å². The first-order chi connectivity index (χ1) is 12.8. The first-order valence-corrected chi connectivity index (χ1v) is 8.45. The third kappa shape index (κ3) is 4.15. The Morgan fingerprint density at radius 2 is 1.81 bits per heavy atom. The van der Waals surface area contributed by atoms with Gasteiger partial charge in [0.25, 0.3) is 5.79 Å². The zero-order valence-corrected chi connectivity index (χ0v) is 15.9. The average Bonchev–Trinajstić information content (AvgIpc) is 3.12. The van der Waals surface area contributed by atoms with E-state index in [9.17, 15) is 9.59 Å². The summed E-state index contributed by atoms with van der Waals surface area (Å²) in [6.45, 7) is 3.01. The highest BCUT2D eigenvalue weighted by Crippen LogP contribution is 2.28. The SMILES string of the molecule is CON(CC(S)=C1C(=O)OC(C)(C)OC1=O)c1ccc(-c2cnco2)cc1. The Morgan fingerprint density at radius 1 is 1.19 bits per heavy atom. The van der Waals surface area contributed by atoms with Crippen molar-refractivity contribution in [3.63, 3.8) is 0 Å². The van der Waals surface area contributed by atoms with E-state index >= 15 is 0 Å². The zero-order chi connectivity index (χ0) is 19.6. The molecule has 1 saturated heterocycles. The fraction of sp³-hybridized carbons (Fsp3) is 0.278. The van der Waals surface area contributed by atoms with Crippen LogP contribution in [0.1, 0.15) is 13.8 Å². The molecule has 1 aromatic carbocycles. The number of hydroxylamine groups is 1. The molecule has 2 aromatic rings. The maximum atomic E-state index is 12.1. The van der Waals surface area contributed by atoms with E-state index in [1.165, 1.54) is 32.4 Å². The highest BCUT2D eigenvalue weighted by Gasteiger charge is 2.40. The van der Waals surface area contributed by atoms with Crippen molar-refractivity contribution in [2.24, 2.45) is 0 Å². The summed E-state index contributed by atoms with van der Waals surface area (Å²) in [6.07, 6.45) is 2.97. The average molecular weight is 390 g/mol. The Balaban J connectivity index is 1.80. The van der Waals surface area contributed by atoms with E-state index in [-0.39, 0.29) is 17.0 Å². The number of aromatic nitrogens is 1. The molecule has 0 spiro atoms. The summed E-state index contributed by atoms with van der Waals surface area (Å²) in [7, 11) is 1.47. The van der Waals surface area contributed by atoms with Crippen LogP contribution >= 0.6 is 12.6 Å². The number of carbonyl (C=O) groups is 2. The first-order valence-electron chi connectivity index (χ1n) is 8.00. The van der Waals surface area contributed by atoms with Gasteiger partial charge < -0.3 is 13.9 Å². The number of hydrogen-bond acceptors (Lipinski definition) is 9.